The molecule has 164 valence electrons. The number of carbonyl (C=O) groups excluding carboxylic acids is 1. The number of nitrogens with one attached hydrogen (secondary N) is 1. The SMILES string of the molecule is COc1cc(OC)c(OC)cc1CNC(=O)CN(C)Cc1ccc(OC)c(OC)c1. The summed E-state index contributed by atoms with van der Waals surface area (Å²) < 4.78 is 26.6. The molecule has 0 saturated heterocycles. The Morgan fingerprint density at radius 3 is 1.97 bits per heavy atom. The smallest absolute Gasteiger partial charge is 0.234 e. The van der Waals surface area contributed by atoms with Gasteiger partial charge in [0.15, 0.2) is 23.0 Å². The summed E-state index contributed by atoms with van der Waals surface area (Å²) in [5.74, 6) is 2.99. The highest BCUT2D eigenvalue weighted by molar-refractivity contribution is 5.78. The van der Waals surface area contributed by atoms with Crippen LogP contribution >= 0.6 is 0 Å². The first-order valence-electron chi connectivity index (χ1n) is 9.40. The molecule has 2 rings (SSSR count). The van der Waals surface area contributed by atoms with Crippen molar-refractivity contribution in [1.29, 1.82) is 0 Å². The molecule has 0 atom stereocenters. The third kappa shape index (κ3) is 5.93. The Kier molecular flexibility index (Phi) is 8.61. The molecule has 8 heteroatoms. The van der Waals surface area contributed by atoms with E-state index in [-0.39, 0.29) is 12.5 Å². The van der Waals surface area contributed by atoms with Gasteiger partial charge >= 0.3 is 0 Å². The van der Waals surface area contributed by atoms with Crippen LogP contribution in [0.5, 0.6) is 28.7 Å². The lowest BCUT2D eigenvalue weighted by atomic mass is 10.1. The molecule has 2 aromatic carbocycles. The molecule has 1 N–H and O–H groups in total. The van der Waals surface area contributed by atoms with Crippen LogP contribution in [-0.2, 0) is 17.9 Å². The van der Waals surface area contributed by atoms with Crippen molar-refractivity contribution in [2.75, 3.05) is 49.1 Å². The van der Waals surface area contributed by atoms with Crippen LogP contribution in [0, 0.1) is 0 Å². The molecule has 0 aromatic heterocycles. The highest BCUT2D eigenvalue weighted by Gasteiger charge is 2.14. The maximum absolute atomic E-state index is 12.4. The third-order valence-electron chi connectivity index (χ3n) is 4.58. The second-order valence-corrected chi connectivity index (χ2v) is 6.66. The van der Waals surface area contributed by atoms with Crippen molar-refractivity contribution in [3.63, 3.8) is 0 Å². The summed E-state index contributed by atoms with van der Waals surface area (Å²) in [6, 6.07) is 9.24. The fourth-order valence-corrected chi connectivity index (χ4v) is 3.07. The quantitative estimate of drug-likeness (QED) is 0.601. The Hall–Kier alpha value is -3.13. The lowest BCUT2D eigenvalue weighted by molar-refractivity contribution is -0.122. The number of amides is 1. The van der Waals surface area contributed by atoms with Gasteiger partial charge in [0.2, 0.25) is 5.91 Å². The molecule has 0 spiro atoms. The topological polar surface area (TPSA) is 78.5 Å². The van der Waals surface area contributed by atoms with Gasteiger partial charge in [-0.15, -0.1) is 0 Å². The second-order valence-electron chi connectivity index (χ2n) is 6.66. The van der Waals surface area contributed by atoms with Crippen molar-refractivity contribution in [2.24, 2.45) is 0 Å². The molecule has 0 heterocycles. The van der Waals surface area contributed by atoms with E-state index in [1.807, 2.05) is 30.1 Å². The van der Waals surface area contributed by atoms with E-state index in [1.165, 1.54) is 0 Å². The van der Waals surface area contributed by atoms with E-state index in [1.54, 1.807) is 47.7 Å². The molecule has 0 saturated carbocycles. The Balaban J connectivity index is 1.96. The van der Waals surface area contributed by atoms with Crippen molar-refractivity contribution in [3.8, 4) is 28.7 Å². The zero-order chi connectivity index (χ0) is 22.1. The van der Waals surface area contributed by atoms with Crippen LogP contribution in [0.3, 0.4) is 0 Å². The lowest BCUT2D eigenvalue weighted by Gasteiger charge is -2.18. The number of benzene rings is 2. The van der Waals surface area contributed by atoms with Crippen molar-refractivity contribution in [1.82, 2.24) is 10.2 Å². The average Bonchev–Trinajstić information content (AvgIpc) is 2.76. The van der Waals surface area contributed by atoms with Crippen molar-refractivity contribution in [3.05, 3.63) is 41.5 Å². The number of methoxy groups -OCH3 is 5. The summed E-state index contributed by atoms with van der Waals surface area (Å²) in [5, 5.41) is 2.92. The third-order valence-corrected chi connectivity index (χ3v) is 4.58. The Morgan fingerprint density at radius 2 is 1.37 bits per heavy atom. The fourth-order valence-electron chi connectivity index (χ4n) is 3.07. The van der Waals surface area contributed by atoms with Crippen LogP contribution in [0.25, 0.3) is 0 Å². The van der Waals surface area contributed by atoms with Crippen LogP contribution < -0.4 is 29.0 Å². The number of carbonyl (C=O) groups is 1. The van der Waals surface area contributed by atoms with Gasteiger partial charge in [0.25, 0.3) is 0 Å². The summed E-state index contributed by atoms with van der Waals surface area (Å²) in [7, 11) is 9.78. The van der Waals surface area contributed by atoms with Crippen LogP contribution in [0.15, 0.2) is 30.3 Å². The molecule has 1 amide bonds. The largest absolute Gasteiger partial charge is 0.496 e. The number of ether oxygens (including phenoxy) is 5. The molecule has 0 radical (unpaired) electrons. The highest BCUT2D eigenvalue weighted by atomic mass is 16.5. The predicted octanol–water partition coefficient (Wildman–Crippen LogP) is 2.48. The summed E-state index contributed by atoms with van der Waals surface area (Å²) in [4.78, 5) is 14.3. The monoisotopic (exact) mass is 418 g/mol. The predicted molar refractivity (Wildman–Crippen MR) is 114 cm³/mol. The minimum atomic E-state index is -0.102. The van der Waals surface area contributed by atoms with Gasteiger partial charge in [-0.05, 0) is 30.8 Å². The van der Waals surface area contributed by atoms with E-state index in [0.29, 0.717) is 41.8 Å². The average molecular weight is 418 g/mol. The molecule has 0 unspecified atom stereocenters. The van der Waals surface area contributed by atoms with Gasteiger partial charge in [-0.2, -0.15) is 0 Å². The molecule has 8 nitrogen and oxygen atoms in total. The van der Waals surface area contributed by atoms with Gasteiger partial charge in [-0.1, -0.05) is 6.07 Å². The number of hydrogen-bond acceptors (Lipinski definition) is 7. The minimum Gasteiger partial charge on any atom is -0.496 e. The molecular formula is C22H30N2O6. The first-order valence-corrected chi connectivity index (χ1v) is 9.40. The van der Waals surface area contributed by atoms with Gasteiger partial charge in [0.05, 0.1) is 42.1 Å². The lowest BCUT2D eigenvalue weighted by Crippen LogP contribution is -2.34. The molecule has 0 aliphatic heterocycles. The maximum atomic E-state index is 12.4. The molecule has 0 aliphatic carbocycles. The Labute approximate surface area is 177 Å². The fraction of sp³-hybridized carbons (Fsp3) is 0.409. The molecule has 0 aliphatic rings. The van der Waals surface area contributed by atoms with Gasteiger partial charge < -0.3 is 29.0 Å². The van der Waals surface area contributed by atoms with E-state index < -0.39 is 0 Å². The van der Waals surface area contributed by atoms with E-state index in [9.17, 15) is 4.79 Å². The van der Waals surface area contributed by atoms with Crippen LogP contribution in [0.1, 0.15) is 11.1 Å². The summed E-state index contributed by atoms with van der Waals surface area (Å²) in [6.45, 7) is 1.14. The molecular weight excluding hydrogens is 388 g/mol. The molecule has 0 bridgehead atoms. The van der Waals surface area contributed by atoms with E-state index >= 15 is 0 Å². The zero-order valence-electron chi connectivity index (χ0n) is 18.4. The summed E-state index contributed by atoms with van der Waals surface area (Å²) >= 11 is 0. The van der Waals surface area contributed by atoms with Gasteiger partial charge in [-0.3, -0.25) is 9.69 Å². The standard InChI is InChI=1S/C22H30N2O6/c1-24(13-15-7-8-17(26-2)19(9-15)28-4)14-22(25)23-12-16-10-20(29-5)21(30-6)11-18(16)27-3/h7-11H,12-14H2,1-6H3,(H,23,25). The Bertz CT molecular complexity index is 856. The first kappa shape index (κ1) is 23.2. The van der Waals surface area contributed by atoms with Crippen LogP contribution in [-0.4, -0.2) is 59.9 Å². The number of rotatable bonds is 11. The normalized spacial score (nSPS) is 10.5. The minimum absolute atomic E-state index is 0.102. The van der Waals surface area contributed by atoms with Crippen LogP contribution in [0.4, 0.5) is 0 Å². The molecule has 0 fully saturated rings. The van der Waals surface area contributed by atoms with Crippen molar-refractivity contribution in [2.45, 2.75) is 13.1 Å². The number of likely N-dealkylation sites (N-methyl/N-ethyl adjacent to an activating group) is 1. The zero-order valence-corrected chi connectivity index (χ0v) is 18.4. The Morgan fingerprint density at radius 1 is 0.800 bits per heavy atom. The van der Waals surface area contributed by atoms with E-state index in [0.717, 1.165) is 11.1 Å². The summed E-state index contributed by atoms with van der Waals surface area (Å²) in [5.41, 5.74) is 1.82. The van der Waals surface area contributed by atoms with E-state index in [4.69, 9.17) is 23.7 Å². The highest BCUT2D eigenvalue weighted by Crippen LogP contribution is 2.34. The van der Waals surface area contributed by atoms with Crippen molar-refractivity contribution >= 4 is 5.91 Å². The molecule has 30 heavy (non-hydrogen) atoms. The van der Waals surface area contributed by atoms with Crippen LogP contribution in [0.2, 0.25) is 0 Å². The van der Waals surface area contributed by atoms with E-state index in [2.05, 4.69) is 5.32 Å². The number of hydrogen-bond donors (Lipinski definition) is 1. The van der Waals surface area contributed by atoms with Crippen molar-refractivity contribution < 1.29 is 28.5 Å². The molecule has 2 aromatic rings. The second kappa shape index (κ2) is 11.2. The first-order chi connectivity index (χ1) is 14.4. The van der Waals surface area contributed by atoms with Gasteiger partial charge in [0, 0.05) is 24.7 Å². The van der Waals surface area contributed by atoms with Gasteiger partial charge in [-0.25, -0.2) is 0 Å². The van der Waals surface area contributed by atoms with Gasteiger partial charge in [0.1, 0.15) is 5.75 Å². The summed E-state index contributed by atoms with van der Waals surface area (Å²) in [6.07, 6.45) is 0. The number of nitrogens with zero attached hydrogens (tertiary/aromatic N) is 1. The maximum Gasteiger partial charge on any atom is 0.234 e.